The standard InChI is InChI=1S/C22H46N/c1-4-5-6-7-8-9-10-11-12-13-14-15-16-17-18-19-20-23-21-22(2)3/h23H,4-21H2,1-3H3. The molecule has 0 aromatic heterocycles. The summed E-state index contributed by atoms with van der Waals surface area (Å²) < 4.78 is 0. The molecule has 1 radical (unpaired) electrons. The summed E-state index contributed by atoms with van der Waals surface area (Å²) >= 11 is 0. The average Bonchev–Trinajstić information content (AvgIpc) is 2.53. The summed E-state index contributed by atoms with van der Waals surface area (Å²) in [5.74, 6) is 1.49. The van der Waals surface area contributed by atoms with Crippen molar-refractivity contribution < 1.29 is 0 Å². The molecular weight excluding hydrogens is 278 g/mol. The maximum atomic E-state index is 3.50. The molecule has 0 aromatic rings. The van der Waals surface area contributed by atoms with Gasteiger partial charge in [0.2, 0.25) is 0 Å². The molecule has 0 aromatic carbocycles. The van der Waals surface area contributed by atoms with Gasteiger partial charge in [-0.05, 0) is 18.9 Å². The Labute approximate surface area is 148 Å². The molecule has 0 amide bonds. The molecule has 0 heterocycles. The van der Waals surface area contributed by atoms with Crippen LogP contribution in [0, 0.1) is 5.92 Å². The van der Waals surface area contributed by atoms with Gasteiger partial charge in [-0.1, -0.05) is 117 Å². The van der Waals surface area contributed by atoms with Gasteiger partial charge in [0.05, 0.1) is 0 Å². The predicted molar refractivity (Wildman–Crippen MR) is 107 cm³/mol. The van der Waals surface area contributed by atoms with Gasteiger partial charge in [-0.3, -0.25) is 0 Å². The van der Waals surface area contributed by atoms with Crippen molar-refractivity contribution >= 4 is 0 Å². The van der Waals surface area contributed by atoms with Crippen LogP contribution in [0.15, 0.2) is 0 Å². The molecule has 1 N–H and O–H groups in total. The molecule has 0 rings (SSSR count). The molecule has 0 aliphatic rings. The maximum absolute atomic E-state index is 3.50. The second-order valence-corrected chi connectivity index (χ2v) is 7.69. The van der Waals surface area contributed by atoms with E-state index in [0.717, 1.165) is 6.54 Å². The van der Waals surface area contributed by atoms with E-state index in [0.29, 0.717) is 0 Å². The summed E-state index contributed by atoms with van der Waals surface area (Å²) in [5.41, 5.74) is 0. The predicted octanol–water partition coefficient (Wildman–Crippen LogP) is 7.45. The molecular formula is C22H46N. The Hall–Kier alpha value is -0.0400. The minimum atomic E-state index is 1.10. The van der Waals surface area contributed by atoms with Gasteiger partial charge < -0.3 is 5.32 Å². The summed E-state index contributed by atoms with van der Waals surface area (Å²) in [7, 11) is 0. The van der Waals surface area contributed by atoms with Crippen molar-refractivity contribution in [2.45, 2.75) is 124 Å². The first-order valence-corrected chi connectivity index (χ1v) is 10.8. The summed E-state index contributed by atoms with van der Waals surface area (Å²) in [6.07, 6.45) is 23.2. The van der Waals surface area contributed by atoms with Gasteiger partial charge in [-0.15, -0.1) is 0 Å². The summed E-state index contributed by atoms with van der Waals surface area (Å²) in [5, 5.41) is 3.50. The average molecular weight is 325 g/mol. The lowest BCUT2D eigenvalue weighted by Gasteiger charge is -2.06. The number of rotatable bonds is 19. The van der Waals surface area contributed by atoms with Crippen LogP contribution in [-0.2, 0) is 0 Å². The summed E-state index contributed by atoms with van der Waals surface area (Å²) in [6.45, 7) is 8.98. The Morgan fingerprint density at radius 2 is 0.870 bits per heavy atom. The van der Waals surface area contributed by atoms with Crippen molar-refractivity contribution in [1.82, 2.24) is 5.32 Å². The van der Waals surface area contributed by atoms with E-state index in [1.165, 1.54) is 115 Å². The molecule has 1 nitrogen and oxygen atoms in total. The molecule has 0 fully saturated rings. The molecule has 0 aliphatic heterocycles. The lowest BCUT2D eigenvalue weighted by atomic mass is 10.0. The lowest BCUT2D eigenvalue weighted by Crippen LogP contribution is -2.19. The van der Waals surface area contributed by atoms with Crippen LogP contribution >= 0.6 is 0 Å². The Morgan fingerprint density at radius 3 is 1.22 bits per heavy atom. The molecule has 0 unspecified atom stereocenters. The third-order valence-electron chi connectivity index (χ3n) is 4.69. The third kappa shape index (κ3) is 22.0. The van der Waals surface area contributed by atoms with Crippen molar-refractivity contribution in [2.75, 3.05) is 13.1 Å². The van der Waals surface area contributed by atoms with E-state index >= 15 is 0 Å². The zero-order valence-corrected chi connectivity index (χ0v) is 16.7. The topological polar surface area (TPSA) is 12.0 Å². The molecule has 0 aliphatic carbocycles. The smallest absolute Gasteiger partial charge is 0.000811 e. The largest absolute Gasteiger partial charge is 0.316 e. The van der Waals surface area contributed by atoms with Gasteiger partial charge in [0, 0.05) is 6.54 Å². The van der Waals surface area contributed by atoms with Gasteiger partial charge in [-0.2, -0.15) is 0 Å². The van der Waals surface area contributed by atoms with E-state index in [-0.39, 0.29) is 0 Å². The van der Waals surface area contributed by atoms with Crippen LogP contribution in [0.3, 0.4) is 0 Å². The number of hydrogen-bond acceptors (Lipinski definition) is 1. The van der Waals surface area contributed by atoms with Gasteiger partial charge in [0.15, 0.2) is 0 Å². The van der Waals surface area contributed by atoms with Crippen LogP contribution in [0.1, 0.15) is 124 Å². The van der Waals surface area contributed by atoms with Gasteiger partial charge in [-0.25, -0.2) is 0 Å². The third-order valence-corrected chi connectivity index (χ3v) is 4.69. The molecule has 0 spiro atoms. The van der Waals surface area contributed by atoms with Crippen molar-refractivity contribution in [3.05, 3.63) is 5.92 Å². The molecule has 0 atom stereocenters. The van der Waals surface area contributed by atoms with Crippen LogP contribution < -0.4 is 5.32 Å². The van der Waals surface area contributed by atoms with Gasteiger partial charge in [0.1, 0.15) is 0 Å². The first kappa shape index (κ1) is 23.0. The Morgan fingerprint density at radius 1 is 0.522 bits per heavy atom. The Balaban J connectivity index is 2.95. The monoisotopic (exact) mass is 324 g/mol. The van der Waals surface area contributed by atoms with Crippen molar-refractivity contribution in [2.24, 2.45) is 0 Å². The lowest BCUT2D eigenvalue weighted by molar-refractivity contribution is 0.526. The fourth-order valence-corrected chi connectivity index (χ4v) is 3.14. The number of nitrogens with one attached hydrogen (secondary N) is 1. The minimum Gasteiger partial charge on any atom is -0.316 e. The van der Waals surface area contributed by atoms with E-state index in [9.17, 15) is 0 Å². The van der Waals surface area contributed by atoms with Gasteiger partial charge >= 0.3 is 0 Å². The first-order chi connectivity index (χ1) is 11.3. The highest BCUT2D eigenvalue weighted by atomic mass is 14.8. The second kappa shape index (κ2) is 20.0. The minimum absolute atomic E-state index is 1.10. The molecule has 0 saturated carbocycles. The Bertz CT molecular complexity index is 200. The number of unbranched alkanes of at least 4 members (excludes halogenated alkanes) is 15. The normalized spacial score (nSPS) is 11.5. The molecule has 0 bridgehead atoms. The Kier molecular flexibility index (Phi) is 20.0. The van der Waals surface area contributed by atoms with E-state index < -0.39 is 0 Å². The van der Waals surface area contributed by atoms with Crippen LogP contribution in [0.2, 0.25) is 0 Å². The highest BCUT2D eigenvalue weighted by Crippen LogP contribution is 2.13. The van der Waals surface area contributed by atoms with E-state index in [1.54, 1.807) is 0 Å². The first-order valence-electron chi connectivity index (χ1n) is 10.8. The molecule has 0 saturated heterocycles. The van der Waals surface area contributed by atoms with Crippen LogP contribution in [0.25, 0.3) is 0 Å². The fourth-order valence-electron chi connectivity index (χ4n) is 3.14. The molecule has 23 heavy (non-hydrogen) atoms. The quantitative estimate of drug-likeness (QED) is 0.243. The molecule has 1 heteroatoms. The maximum Gasteiger partial charge on any atom is 0.000811 e. The zero-order valence-electron chi connectivity index (χ0n) is 16.7. The highest BCUT2D eigenvalue weighted by Gasteiger charge is 1.95. The summed E-state index contributed by atoms with van der Waals surface area (Å²) in [6, 6.07) is 0. The van der Waals surface area contributed by atoms with Crippen LogP contribution in [0.4, 0.5) is 0 Å². The summed E-state index contributed by atoms with van der Waals surface area (Å²) in [4.78, 5) is 0. The van der Waals surface area contributed by atoms with Crippen LogP contribution in [0.5, 0.6) is 0 Å². The second-order valence-electron chi connectivity index (χ2n) is 7.69. The fraction of sp³-hybridized carbons (Fsp3) is 0.955. The van der Waals surface area contributed by atoms with Crippen molar-refractivity contribution in [3.8, 4) is 0 Å². The van der Waals surface area contributed by atoms with Crippen molar-refractivity contribution in [3.63, 3.8) is 0 Å². The van der Waals surface area contributed by atoms with Crippen molar-refractivity contribution in [1.29, 1.82) is 0 Å². The molecule has 139 valence electrons. The number of hydrogen-bond donors (Lipinski definition) is 1. The van der Waals surface area contributed by atoms with Gasteiger partial charge in [0.25, 0.3) is 0 Å². The van der Waals surface area contributed by atoms with E-state index in [1.807, 2.05) is 0 Å². The SMILES string of the molecule is CCCCCCCCCCCCCCCCCCNC[C](C)C. The van der Waals surface area contributed by atoms with E-state index in [4.69, 9.17) is 0 Å². The highest BCUT2D eigenvalue weighted by molar-refractivity contribution is 4.79. The zero-order chi connectivity index (χ0) is 17.0. The van der Waals surface area contributed by atoms with Crippen LogP contribution in [-0.4, -0.2) is 13.1 Å². The van der Waals surface area contributed by atoms with E-state index in [2.05, 4.69) is 26.1 Å².